The number of hydrogen-bond donors (Lipinski definition) is 2. The first kappa shape index (κ1) is 20.1. The second-order valence-electron chi connectivity index (χ2n) is 5.31. The Bertz CT molecular complexity index is 776. The van der Waals surface area contributed by atoms with E-state index in [1.165, 1.54) is 36.9 Å². The smallest absolute Gasteiger partial charge is 0.279 e. The number of ether oxygens (including phenoxy) is 1. The average molecular weight is 397 g/mol. The minimum atomic E-state index is -0.969. The standard InChI is InChI=1S/C18H18ClFN2O3S/c1-12(25-16-9-5-4-8-15(16)20)18(24)22-21-17(23)11-26-10-13-6-2-3-7-14(13)19/h2-9,12H,10-11H2,1H3,(H,21,23)(H,22,24)/t12-/m0/s1. The summed E-state index contributed by atoms with van der Waals surface area (Å²) in [6.45, 7) is 1.46. The van der Waals surface area contributed by atoms with Gasteiger partial charge in [-0.2, -0.15) is 0 Å². The summed E-state index contributed by atoms with van der Waals surface area (Å²) in [7, 11) is 0. The van der Waals surface area contributed by atoms with Crippen molar-refractivity contribution in [2.45, 2.75) is 18.8 Å². The fourth-order valence-electron chi connectivity index (χ4n) is 1.92. The number of rotatable bonds is 7. The first-order valence-electron chi connectivity index (χ1n) is 7.78. The second-order valence-corrected chi connectivity index (χ2v) is 6.70. The molecule has 0 aromatic heterocycles. The van der Waals surface area contributed by atoms with Crippen LogP contribution in [-0.2, 0) is 15.3 Å². The predicted molar refractivity (Wildman–Crippen MR) is 100 cm³/mol. The lowest BCUT2D eigenvalue weighted by molar-refractivity contribution is -0.132. The lowest BCUT2D eigenvalue weighted by Gasteiger charge is -2.15. The monoisotopic (exact) mass is 396 g/mol. The van der Waals surface area contributed by atoms with Crippen LogP contribution in [0.25, 0.3) is 0 Å². The highest BCUT2D eigenvalue weighted by Crippen LogP contribution is 2.20. The van der Waals surface area contributed by atoms with Gasteiger partial charge in [-0.15, -0.1) is 11.8 Å². The lowest BCUT2D eigenvalue weighted by Crippen LogP contribution is -2.47. The van der Waals surface area contributed by atoms with Gasteiger partial charge in [-0.1, -0.05) is 41.9 Å². The van der Waals surface area contributed by atoms with Crippen LogP contribution < -0.4 is 15.6 Å². The summed E-state index contributed by atoms with van der Waals surface area (Å²) in [5.74, 6) is -0.822. The maximum atomic E-state index is 13.5. The number of thioether (sulfide) groups is 1. The van der Waals surface area contributed by atoms with Crippen molar-refractivity contribution in [1.29, 1.82) is 0 Å². The number of hydrogen-bond acceptors (Lipinski definition) is 4. The third kappa shape index (κ3) is 6.24. The molecule has 138 valence electrons. The van der Waals surface area contributed by atoms with Gasteiger partial charge in [0.1, 0.15) is 0 Å². The highest BCUT2D eigenvalue weighted by molar-refractivity contribution is 7.99. The predicted octanol–water partition coefficient (Wildman–Crippen LogP) is 3.33. The number of para-hydroxylation sites is 1. The molecule has 5 nitrogen and oxygen atoms in total. The SMILES string of the molecule is C[C@H](Oc1ccccc1F)C(=O)NNC(=O)CSCc1ccccc1Cl. The highest BCUT2D eigenvalue weighted by Gasteiger charge is 2.17. The molecule has 2 aromatic rings. The van der Waals surface area contributed by atoms with E-state index in [4.69, 9.17) is 16.3 Å². The average Bonchev–Trinajstić information content (AvgIpc) is 2.63. The van der Waals surface area contributed by atoms with Gasteiger partial charge in [-0.3, -0.25) is 20.4 Å². The molecule has 2 N–H and O–H groups in total. The van der Waals surface area contributed by atoms with Crippen LogP contribution in [-0.4, -0.2) is 23.7 Å². The maximum Gasteiger partial charge on any atom is 0.279 e. The molecule has 0 aliphatic carbocycles. The molecule has 8 heteroatoms. The number of benzene rings is 2. The molecule has 0 aliphatic heterocycles. The summed E-state index contributed by atoms with van der Waals surface area (Å²) in [4.78, 5) is 23.7. The topological polar surface area (TPSA) is 67.4 Å². The lowest BCUT2D eigenvalue weighted by atomic mass is 10.2. The van der Waals surface area contributed by atoms with Gasteiger partial charge in [0, 0.05) is 10.8 Å². The van der Waals surface area contributed by atoms with Gasteiger partial charge in [0.2, 0.25) is 5.91 Å². The molecule has 0 radical (unpaired) electrons. The van der Waals surface area contributed by atoms with E-state index in [0.29, 0.717) is 10.8 Å². The summed E-state index contributed by atoms with van der Waals surface area (Å²) in [5, 5.41) is 0.646. The zero-order valence-corrected chi connectivity index (χ0v) is 15.6. The van der Waals surface area contributed by atoms with Crippen molar-refractivity contribution in [2.75, 3.05) is 5.75 Å². The van der Waals surface area contributed by atoms with Crippen LogP contribution in [0, 0.1) is 5.82 Å². The second kappa shape index (κ2) is 10.0. The Balaban J connectivity index is 1.70. The van der Waals surface area contributed by atoms with E-state index in [2.05, 4.69) is 10.9 Å². The van der Waals surface area contributed by atoms with E-state index in [0.717, 1.165) is 5.56 Å². The van der Waals surface area contributed by atoms with Crippen molar-refractivity contribution >= 4 is 35.2 Å². The molecule has 0 fully saturated rings. The molecule has 2 amide bonds. The largest absolute Gasteiger partial charge is 0.478 e. The third-order valence-corrected chi connectivity index (χ3v) is 4.63. The Labute approximate surface area is 160 Å². The minimum absolute atomic E-state index is 0.0308. The summed E-state index contributed by atoms with van der Waals surface area (Å²) < 4.78 is 18.7. The molecule has 0 unspecified atom stereocenters. The van der Waals surface area contributed by atoms with Crippen LogP contribution in [0.3, 0.4) is 0 Å². The van der Waals surface area contributed by atoms with E-state index in [1.54, 1.807) is 12.1 Å². The van der Waals surface area contributed by atoms with E-state index < -0.39 is 17.8 Å². The molecule has 26 heavy (non-hydrogen) atoms. The molecular formula is C18H18ClFN2O3S. The zero-order chi connectivity index (χ0) is 18.9. The minimum Gasteiger partial charge on any atom is -0.478 e. The molecule has 0 bridgehead atoms. The van der Waals surface area contributed by atoms with Gasteiger partial charge >= 0.3 is 0 Å². The van der Waals surface area contributed by atoms with Crippen molar-refractivity contribution in [3.63, 3.8) is 0 Å². The van der Waals surface area contributed by atoms with Gasteiger partial charge in [0.15, 0.2) is 17.7 Å². The third-order valence-electron chi connectivity index (χ3n) is 3.28. The zero-order valence-electron chi connectivity index (χ0n) is 14.0. The number of nitrogens with one attached hydrogen (secondary N) is 2. The summed E-state index contributed by atoms with van der Waals surface area (Å²) in [6.07, 6.45) is -0.969. The molecule has 0 spiro atoms. The van der Waals surface area contributed by atoms with Crippen LogP contribution in [0.4, 0.5) is 4.39 Å². The van der Waals surface area contributed by atoms with Crippen LogP contribution >= 0.6 is 23.4 Å². The van der Waals surface area contributed by atoms with Crippen LogP contribution in [0.5, 0.6) is 5.75 Å². The first-order valence-corrected chi connectivity index (χ1v) is 9.31. The number of halogens is 2. The van der Waals surface area contributed by atoms with E-state index in [9.17, 15) is 14.0 Å². The van der Waals surface area contributed by atoms with E-state index in [1.807, 2.05) is 18.2 Å². The van der Waals surface area contributed by atoms with Gasteiger partial charge in [0.05, 0.1) is 5.75 Å². The van der Waals surface area contributed by atoms with Gasteiger partial charge in [0.25, 0.3) is 5.91 Å². The van der Waals surface area contributed by atoms with Crippen LogP contribution in [0.2, 0.25) is 5.02 Å². The van der Waals surface area contributed by atoms with Crippen molar-refractivity contribution in [3.05, 3.63) is 64.9 Å². The van der Waals surface area contributed by atoms with Crippen molar-refractivity contribution in [2.24, 2.45) is 0 Å². The molecule has 0 aliphatic rings. The summed E-state index contributed by atoms with van der Waals surface area (Å²) in [5.41, 5.74) is 5.49. The molecule has 2 aromatic carbocycles. The number of hydrazine groups is 1. The molecule has 1 atom stereocenters. The molecule has 0 heterocycles. The summed E-state index contributed by atoms with van der Waals surface area (Å²) in [6, 6.07) is 13.2. The van der Waals surface area contributed by atoms with Crippen LogP contribution in [0.1, 0.15) is 12.5 Å². The number of carbonyl (C=O) groups excluding carboxylic acids is 2. The van der Waals surface area contributed by atoms with Crippen molar-refractivity contribution in [3.8, 4) is 5.75 Å². The first-order chi connectivity index (χ1) is 12.5. The van der Waals surface area contributed by atoms with Gasteiger partial charge < -0.3 is 4.74 Å². The fourth-order valence-corrected chi connectivity index (χ4v) is 3.04. The Kier molecular flexibility index (Phi) is 7.74. The normalized spacial score (nSPS) is 11.5. The maximum absolute atomic E-state index is 13.5. The fraction of sp³-hybridized carbons (Fsp3) is 0.222. The van der Waals surface area contributed by atoms with Gasteiger partial charge in [-0.25, -0.2) is 4.39 Å². The van der Waals surface area contributed by atoms with Crippen molar-refractivity contribution < 1.29 is 18.7 Å². The Morgan fingerprint density at radius 2 is 1.85 bits per heavy atom. The Morgan fingerprint density at radius 1 is 1.15 bits per heavy atom. The van der Waals surface area contributed by atoms with Crippen LogP contribution in [0.15, 0.2) is 48.5 Å². The molecule has 0 saturated carbocycles. The van der Waals surface area contributed by atoms with E-state index in [-0.39, 0.29) is 17.4 Å². The van der Waals surface area contributed by atoms with Crippen molar-refractivity contribution in [1.82, 2.24) is 10.9 Å². The highest BCUT2D eigenvalue weighted by atomic mass is 35.5. The molecule has 0 saturated heterocycles. The number of amides is 2. The molecule has 2 rings (SSSR count). The Morgan fingerprint density at radius 3 is 2.58 bits per heavy atom. The Hall–Kier alpha value is -2.25. The number of carbonyl (C=O) groups is 2. The summed E-state index contributed by atoms with van der Waals surface area (Å²) >= 11 is 7.41. The quantitative estimate of drug-likeness (QED) is 0.704. The van der Waals surface area contributed by atoms with Gasteiger partial charge in [-0.05, 0) is 30.7 Å². The van der Waals surface area contributed by atoms with E-state index >= 15 is 0 Å². The molecular weight excluding hydrogens is 379 g/mol.